The Balaban J connectivity index is 1.82. The summed E-state index contributed by atoms with van der Waals surface area (Å²) in [6.07, 6.45) is 9.02. The van der Waals surface area contributed by atoms with Crippen LogP contribution in [0.25, 0.3) is 0 Å². The zero-order chi connectivity index (χ0) is 20.4. The topological polar surface area (TPSA) is 97.7 Å². The van der Waals surface area contributed by atoms with Crippen LogP contribution in [0.2, 0.25) is 0 Å². The number of carboxylic acids is 1. The van der Waals surface area contributed by atoms with Crippen molar-refractivity contribution in [2.75, 3.05) is 0 Å². The molecule has 0 aromatic heterocycles. The molecule has 4 atom stereocenters. The van der Waals surface area contributed by atoms with Crippen LogP contribution >= 0.6 is 0 Å². The van der Waals surface area contributed by atoms with Crippen LogP contribution in [0.5, 0.6) is 0 Å². The smallest absolute Gasteiger partial charge is 0.139 e. The van der Waals surface area contributed by atoms with Gasteiger partial charge in [0.1, 0.15) is 5.78 Å². The van der Waals surface area contributed by atoms with E-state index in [0.717, 1.165) is 12.0 Å². The van der Waals surface area contributed by atoms with Crippen molar-refractivity contribution in [3.8, 4) is 0 Å². The Morgan fingerprint density at radius 1 is 1.25 bits per heavy atom. The molecule has 0 heterocycles. The number of aliphatic hydroxyl groups excluding tert-OH is 2. The van der Waals surface area contributed by atoms with Gasteiger partial charge in [-0.3, -0.25) is 4.79 Å². The van der Waals surface area contributed by atoms with E-state index in [9.17, 15) is 24.9 Å². The summed E-state index contributed by atoms with van der Waals surface area (Å²) in [4.78, 5) is 22.6. The number of unbranched alkanes of at least 4 members (excludes halogenated alkanes) is 1. The van der Waals surface area contributed by atoms with Crippen molar-refractivity contribution in [3.05, 3.63) is 60.2 Å². The Morgan fingerprint density at radius 2 is 2.00 bits per heavy atom. The van der Waals surface area contributed by atoms with Crippen molar-refractivity contribution in [1.29, 1.82) is 0 Å². The number of carboxylic acid groups (broad SMARTS) is 1. The Morgan fingerprint density at radius 3 is 2.71 bits per heavy atom. The lowest BCUT2D eigenvalue weighted by Crippen LogP contribution is -2.21. The number of hydrogen-bond acceptors (Lipinski definition) is 5. The van der Waals surface area contributed by atoms with Crippen molar-refractivity contribution in [2.45, 2.75) is 57.2 Å². The predicted molar refractivity (Wildman–Crippen MR) is 105 cm³/mol. The fraction of sp³-hybridized carbons (Fsp3) is 0.478. The van der Waals surface area contributed by atoms with Crippen LogP contribution in [0, 0.1) is 11.8 Å². The lowest BCUT2D eigenvalue weighted by atomic mass is 9.90. The standard InChI is InChI=1S/C23H30O5/c24-18(13-12-17-8-4-3-5-9-17)14-15-20-19(21(25)16-22(20)26)10-6-1-2-7-11-23(27)28/h1,3-6,8-9,14-15,18-20,22,24,26H,2,7,10-13,16H2,(H,27,28)/p-1/b6-1-,15-14+/t18-,19?,20?,22+/m0/s1. The van der Waals surface area contributed by atoms with Gasteiger partial charge >= 0.3 is 0 Å². The third-order valence-corrected chi connectivity index (χ3v) is 5.17. The minimum Gasteiger partial charge on any atom is -0.550 e. The number of benzene rings is 1. The first kappa shape index (κ1) is 22.1. The third-order valence-electron chi connectivity index (χ3n) is 5.17. The highest BCUT2D eigenvalue weighted by Crippen LogP contribution is 2.33. The Kier molecular flexibility index (Phi) is 9.11. The van der Waals surface area contributed by atoms with Crippen LogP contribution in [-0.4, -0.2) is 34.2 Å². The maximum absolute atomic E-state index is 12.2. The molecule has 0 radical (unpaired) electrons. The first-order chi connectivity index (χ1) is 13.5. The van der Waals surface area contributed by atoms with Crippen molar-refractivity contribution in [2.24, 2.45) is 11.8 Å². The fourth-order valence-electron chi connectivity index (χ4n) is 3.56. The third kappa shape index (κ3) is 7.41. The molecule has 0 saturated heterocycles. The molecule has 1 fully saturated rings. The summed E-state index contributed by atoms with van der Waals surface area (Å²) < 4.78 is 0. The summed E-state index contributed by atoms with van der Waals surface area (Å²) in [5.41, 5.74) is 1.16. The van der Waals surface area contributed by atoms with Crippen LogP contribution in [0.1, 0.15) is 44.1 Å². The zero-order valence-electron chi connectivity index (χ0n) is 16.1. The first-order valence-electron chi connectivity index (χ1n) is 9.93. The second-order valence-electron chi connectivity index (χ2n) is 7.37. The van der Waals surface area contributed by atoms with Gasteiger partial charge in [-0.25, -0.2) is 0 Å². The van der Waals surface area contributed by atoms with E-state index in [1.165, 1.54) is 0 Å². The molecule has 5 nitrogen and oxygen atoms in total. The molecule has 2 unspecified atom stereocenters. The summed E-state index contributed by atoms with van der Waals surface area (Å²) in [6, 6.07) is 9.93. The molecular formula is C23H29O5-. The largest absolute Gasteiger partial charge is 0.550 e. The number of Topliss-reactive ketones (excluding diaryl/α,β-unsaturated/α-hetero) is 1. The highest BCUT2D eigenvalue weighted by molar-refractivity contribution is 5.84. The van der Waals surface area contributed by atoms with Crippen molar-refractivity contribution in [1.82, 2.24) is 0 Å². The number of carbonyl (C=O) groups excluding carboxylic acids is 2. The van der Waals surface area contributed by atoms with Gasteiger partial charge in [-0.05, 0) is 44.1 Å². The van der Waals surface area contributed by atoms with Crippen LogP contribution < -0.4 is 5.11 Å². The van der Waals surface area contributed by atoms with E-state index < -0.39 is 18.2 Å². The summed E-state index contributed by atoms with van der Waals surface area (Å²) in [5, 5.41) is 30.8. The molecule has 0 spiro atoms. The molecule has 2 rings (SSSR count). The molecule has 1 aromatic rings. The number of carbonyl (C=O) groups is 2. The minimum absolute atomic E-state index is 0.0254. The van der Waals surface area contributed by atoms with Gasteiger partial charge in [0.25, 0.3) is 0 Å². The molecule has 28 heavy (non-hydrogen) atoms. The van der Waals surface area contributed by atoms with Gasteiger partial charge in [0, 0.05) is 24.2 Å². The summed E-state index contributed by atoms with van der Waals surface area (Å²) in [5.74, 6) is -1.63. The number of aliphatic hydroxyl groups is 2. The number of aryl methyl sites for hydroxylation is 1. The second-order valence-corrected chi connectivity index (χ2v) is 7.37. The van der Waals surface area contributed by atoms with Gasteiger partial charge in [-0.15, -0.1) is 0 Å². The monoisotopic (exact) mass is 385 g/mol. The normalized spacial score (nSPS) is 23.6. The van der Waals surface area contributed by atoms with E-state index in [0.29, 0.717) is 25.7 Å². The van der Waals surface area contributed by atoms with Crippen molar-refractivity contribution < 1.29 is 24.9 Å². The minimum atomic E-state index is -1.06. The molecule has 0 bridgehead atoms. The molecule has 1 saturated carbocycles. The first-order valence-corrected chi connectivity index (χ1v) is 9.93. The molecule has 2 N–H and O–H groups in total. The zero-order valence-corrected chi connectivity index (χ0v) is 16.1. The SMILES string of the molecule is O=C([O-])CCC/C=C\CC1C(=O)C[C@@H](O)C1/C=C/[C@@H](O)CCc1ccccc1. The van der Waals surface area contributed by atoms with Crippen LogP contribution in [0.15, 0.2) is 54.6 Å². The summed E-state index contributed by atoms with van der Waals surface area (Å²) >= 11 is 0. The molecule has 1 aliphatic carbocycles. The quantitative estimate of drug-likeness (QED) is 0.448. The number of aliphatic carboxylic acids is 1. The van der Waals surface area contributed by atoms with Gasteiger partial charge in [0.2, 0.25) is 0 Å². The van der Waals surface area contributed by atoms with Gasteiger partial charge in [0.15, 0.2) is 0 Å². The summed E-state index contributed by atoms with van der Waals surface area (Å²) in [7, 11) is 0. The molecule has 152 valence electrons. The van der Waals surface area contributed by atoms with E-state index in [1.54, 1.807) is 12.2 Å². The maximum atomic E-state index is 12.2. The van der Waals surface area contributed by atoms with Gasteiger partial charge < -0.3 is 20.1 Å². The van der Waals surface area contributed by atoms with Gasteiger partial charge in [0.05, 0.1) is 12.2 Å². The average molecular weight is 385 g/mol. The fourth-order valence-corrected chi connectivity index (χ4v) is 3.56. The lowest BCUT2D eigenvalue weighted by molar-refractivity contribution is -0.305. The van der Waals surface area contributed by atoms with E-state index in [4.69, 9.17) is 0 Å². The van der Waals surface area contributed by atoms with E-state index in [-0.39, 0.29) is 30.5 Å². The highest BCUT2D eigenvalue weighted by Gasteiger charge is 2.39. The lowest BCUT2D eigenvalue weighted by Gasteiger charge is -2.16. The Bertz CT molecular complexity index is 679. The van der Waals surface area contributed by atoms with E-state index in [1.807, 2.05) is 42.5 Å². The van der Waals surface area contributed by atoms with Crippen LogP contribution in [0.3, 0.4) is 0 Å². The number of allylic oxidation sites excluding steroid dienone is 2. The molecule has 0 aliphatic heterocycles. The van der Waals surface area contributed by atoms with E-state index >= 15 is 0 Å². The molecule has 1 aromatic carbocycles. The Hall–Kier alpha value is -2.24. The van der Waals surface area contributed by atoms with Crippen molar-refractivity contribution in [3.63, 3.8) is 0 Å². The van der Waals surface area contributed by atoms with Crippen LogP contribution in [-0.2, 0) is 16.0 Å². The number of hydrogen-bond donors (Lipinski definition) is 2. The molecule has 5 heteroatoms. The average Bonchev–Trinajstić information content (AvgIpc) is 2.94. The summed E-state index contributed by atoms with van der Waals surface area (Å²) in [6.45, 7) is 0. The maximum Gasteiger partial charge on any atom is 0.139 e. The van der Waals surface area contributed by atoms with Crippen LogP contribution in [0.4, 0.5) is 0 Å². The molecule has 0 amide bonds. The number of rotatable bonds is 11. The predicted octanol–water partition coefficient (Wildman–Crippen LogP) is 1.97. The molecular weight excluding hydrogens is 356 g/mol. The van der Waals surface area contributed by atoms with Gasteiger partial charge in [-0.2, -0.15) is 0 Å². The molecule has 1 aliphatic rings. The van der Waals surface area contributed by atoms with Gasteiger partial charge in [-0.1, -0.05) is 54.6 Å². The van der Waals surface area contributed by atoms with E-state index in [2.05, 4.69) is 0 Å². The highest BCUT2D eigenvalue weighted by atomic mass is 16.4. The van der Waals surface area contributed by atoms with Crippen molar-refractivity contribution >= 4 is 11.8 Å². The Labute approximate surface area is 166 Å². The second kappa shape index (κ2) is 11.6. The number of ketones is 1.